The molecule has 1 unspecified atom stereocenters. The third-order valence-electron chi connectivity index (χ3n) is 3.80. The SMILES string of the molecule is CCC(NC(=O)Cc1ccc(S(C)(=O)=O)cc1)c1nc(C)c(C)s1. The molecule has 130 valence electrons. The number of nitrogens with one attached hydrogen (secondary N) is 1. The van der Waals surface area contributed by atoms with E-state index in [1.807, 2.05) is 20.8 Å². The average molecular weight is 367 g/mol. The first-order valence-electron chi connectivity index (χ1n) is 7.73. The maximum absolute atomic E-state index is 12.3. The number of carbonyl (C=O) groups is 1. The van der Waals surface area contributed by atoms with Gasteiger partial charge in [0.05, 0.1) is 23.1 Å². The van der Waals surface area contributed by atoms with Crippen LogP contribution < -0.4 is 5.32 Å². The highest BCUT2D eigenvalue weighted by atomic mass is 32.2. The van der Waals surface area contributed by atoms with Crippen LogP contribution in [0, 0.1) is 13.8 Å². The fourth-order valence-electron chi connectivity index (χ4n) is 2.27. The molecule has 0 bridgehead atoms. The lowest BCUT2D eigenvalue weighted by Crippen LogP contribution is -2.29. The van der Waals surface area contributed by atoms with E-state index in [0.29, 0.717) is 0 Å². The van der Waals surface area contributed by atoms with E-state index in [4.69, 9.17) is 0 Å². The third-order valence-corrected chi connectivity index (χ3v) is 6.12. The van der Waals surface area contributed by atoms with Gasteiger partial charge in [0.25, 0.3) is 0 Å². The van der Waals surface area contributed by atoms with Gasteiger partial charge in [-0.15, -0.1) is 11.3 Å². The maximum atomic E-state index is 12.3. The molecule has 1 heterocycles. The molecule has 5 nitrogen and oxygen atoms in total. The molecular weight excluding hydrogens is 344 g/mol. The van der Waals surface area contributed by atoms with Gasteiger partial charge in [0.2, 0.25) is 5.91 Å². The quantitative estimate of drug-likeness (QED) is 0.853. The van der Waals surface area contributed by atoms with Crippen LogP contribution in [-0.4, -0.2) is 25.6 Å². The van der Waals surface area contributed by atoms with Gasteiger partial charge in [-0.25, -0.2) is 13.4 Å². The Bertz CT molecular complexity index is 805. The van der Waals surface area contributed by atoms with E-state index in [1.54, 1.807) is 23.5 Å². The molecule has 2 aromatic rings. The molecule has 0 radical (unpaired) electrons. The number of benzene rings is 1. The van der Waals surface area contributed by atoms with Crippen LogP contribution in [0.15, 0.2) is 29.2 Å². The van der Waals surface area contributed by atoms with E-state index in [1.165, 1.54) is 18.4 Å². The first kappa shape index (κ1) is 18.6. The summed E-state index contributed by atoms with van der Waals surface area (Å²) in [5.41, 5.74) is 1.78. The monoisotopic (exact) mass is 366 g/mol. The average Bonchev–Trinajstić information content (AvgIpc) is 2.84. The van der Waals surface area contributed by atoms with Crippen molar-refractivity contribution in [2.45, 2.75) is 44.6 Å². The third kappa shape index (κ3) is 4.64. The summed E-state index contributed by atoms with van der Waals surface area (Å²) in [5, 5.41) is 3.93. The Morgan fingerprint density at radius 2 is 1.88 bits per heavy atom. The summed E-state index contributed by atoms with van der Waals surface area (Å²) >= 11 is 1.61. The number of sulfone groups is 1. The molecule has 0 spiro atoms. The van der Waals surface area contributed by atoms with Gasteiger partial charge >= 0.3 is 0 Å². The Morgan fingerprint density at radius 3 is 2.33 bits per heavy atom. The van der Waals surface area contributed by atoms with E-state index >= 15 is 0 Å². The molecule has 0 aliphatic rings. The van der Waals surface area contributed by atoms with Crippen molar-refractivity contribution in [3.05, 3.63) is 45.4 Å². The van der Waals surface area contributed by atoms with Crippen LogP contribution in [0.1, 0.15) is 40.5 Å². The van der Waals surface area contributed by atoms with Crippen molar-refractivity contribution in [2.24, 2.45) is 0 Å². The van der Waals surface area contributed by atoms with Gasteiger partial charge in [0.15, 0.2) is 9.84 Å². The minimum absolute atomic E-state index is 0.0924. The number of carbonyl (C=O) groups excluding carboxylic acids is 1. The largest absolute Gasteiger partial charge is 0.347 e. The molecule has 1 atom stereocenters. The molecule has 0 fully saturated rings. The second-order valence-corrected chi connectivity index (χ2v) is 9.07. The van der Waals surface area contributed by atoms with E-state index in [9.17, 15) is 13.2 Å². The van der Waals surface area contributed by atoms with E-state index < -0.39 is 9.84 Å². The molecule has 1 N–H and O–H groups in total. The number of thiazole rings is 1. The van der Waals surface area contributed by atoms with Crippen molar-refractivity contribution in [1.29, 1.82) is 0 Å². The zero-order chi connectivity index (χ0) is 17.9. The minimum atomic E-state index is -3.22. The van der Waals surface area contributed by atoms with Crippen LogP contribution in [-0.2, 0) is 21.1 Å². The predicted octanol–water partition coefficient (Wildman–Crippen LogP) is 2.97. The normalized spacial score (nSPS) is 12.8. The van der Waals surface area contributed by atoms with Crippen LogP contribution in [0.25, 0.3) is 0 Å². The summed E-state index contributed by atoms with van der Waals surface area (Å²) in [4.78, 5) is 18.2. The topological polar surface area (TPSA) is 76.1 Å². The van der Waals surface area contributed by atoms with Crippen LogP contribution in [0.5, 0.6) is 0 Å². The number of hydrogen-bond donors (Lipinski definition) is 1. The lowest BCUT2D eigenvalue weighted by Gasteiger charge is -2.14. The van der Waals surface area contributed by atoms with E-state index in [-0.39, 0.29) is 23.3 Å². The Labute approximate surface area is 147 Å². The van der Waals surface area contributed by atoms with Crippen LogP contribution in [0.2, 0.25) is 0 Å². The fraction of sp³-hybridized carbons (Fsp3) is 0.412. The summed E-state index contributed by atoms with van der Waals surface area (Å²) in [7, 11) is -3.22. The molecule has 0 saturated carbocycles. The predicted molar refractivity (Wildman–Crippen MR) is 96.0 cm³/mol. The summed E-state index contributed by atoms with van der Waals surface area (Å²) in [6.45, 7) is 6.00. The summed E-state index contributed by atoms with van der Waals surface area (Å²) in [5.74, 6) is -0.0977. The standard InChI is InChI=1S/C17H22N2O3S2/c1-5-15(17-18-11(2)12(3)23-17)19-16(20)10-13-6-8-14(9-7-13)24(4,21)22/h6-9,15H,5,10H2,1-4H3,(H,19,20). The van der Waals surface area contributed by atoms with Gasteiger partial charge in [-0.05, 0) is 38.0 Å². The molecule has 1 aromatic carbocycles. The molecule has 1 amide bonds. The molecule has 0 aliphatic carbocycles. The van der Waals surface area contributed by atoms with Gasteiger partial charge in [-0.1, -0.05) is 19.1 Å². The van der Waals surface area contributed by atoms with Gasteiger partial charge in [-0.3, -0.25) is 4.79 Å². The minimum Gasteiger partial charge on any atom is -0.347 e. The summed E-state index contributed by atoms with van der Waals surface area (Å²) < 4.78 is 22.9. The number of hydrogen-bond acceptors (Lipinski definition) is 5. The highest BCUT2D eigenvalue weighted by molar-refractivity contribution is 7.90. The number of aromatic nitrogens is 1. The van der Waals surface area contributed by atoms with Crippen molar-refractivity contribution >= 4 is 27.1 Å². The number of aryl methyl sites for hydroxylation is 2. The van der Waals surface area contributed by atoms with E-state index in [0.717, 1.165) is 27.6 Å². The highest BCUT2D eigenvalue weighted by Crippen LogP contribution is 2.25. The molecule has 2 rings (SSSR count). The smallest absolute Gasteiger partial charge is 0.224 e. The highest BCUT2D eigenvalue weighted by Gasteiger charge is 2.17. The Kier molecular flexibility index (Phi) is 5.77. The van der Waals surface area contributed by atoms with Crippen LogP contribution >= 0.6 is 11.3 Å². The zero-order valence-electron chi connectivity index (χ0n) is 14.3. The van der Waals surface area contributed by atoms with Crippen molar-refractivity contribution in [3.8, 4) is 0 Å². The van der Waals surface area contributed by atoms with E-state index in [2.05, 4.69) is 10.3 Å². The van der Waals surface area contributed by atoms with Crippen LogP contribution in [0.3, 0.4) is 0 Å². The van der Waals surface area contributed by atoms with Gasteiger partial charge in [0.1, 0.15) is 5.01 Å². The van der Waals surface area contributed by atoms with Crippen molar-refractivity contribution in [2.75, 3.05) is 6.26 Å². The molecule has 24 heavy (non-hydrogen) atoms. The van der Waals surface area contributed by atoms with Crippen molar-refractivity contribution < 1.29 is 13.2 Å². The lowest BCUT2D eigenvalue weighted by molar-refractivity contribution is -0.121. The van der Waals surface area contributed by atoms with Crippen molar-refractivity contribution in [1.82, 2.24) is 10.3 Å². The van der Waals surface area contributed by atoms with Crippen LogP contribution in [0.4, 0.5) is 0 Å². The molecule has 0 aliphatic heterocycles. The lowest BCUT2D eigenvalue weighted by atomic mass is 10.1. The zero-order valence-corrected chi connectivity index (χ0v) is 15.9. The Balaban J connectivity index is 2.03. The second-order valence-electron chi connectivity index (χ2n) is 5.81. The van der Waals surface area contributed by atoms with Crippen molar-refractivity contribution in [3.63, 3.8) is 0 Å². The number of rotatable bonds is 6. The number of amides is 1. The number of nitrogens with zero attached hydrogens (tertiary/aromatic N) is 1. The molecular formula is C17H22N2O3S2. The maximum Gasteiger partial charge on any atom is 0.224 e. The Hall–Kier alpha value is -1.73. The summed E-state index contributed by atoms with van der Waals surface area (Å²) in [6.07, 6.45) is 2.15. The summed E-state index contributed by atoms with van der Waals surface area (Å²) in [6, 6.07) is 6.32. The second kappa shape index (κ2) is 7.44. The Morgan fingerprint density at radius 1 is 1.25 bits per heavy atom. The van der Waals surface area contributed by atoms with Gasteiger partial charge in [0, 0.05) is 11.1 Å². The molecule has 0 saturated heterocycles. The first-order valence-corrected chi connectivity index (χ1v) is 10.4. The van der Waals surface area contributed by atoms with Gasteiger partial charge in [-0.2, -0.15) is 0 Å². The molecule has 7 heteroatoms. The van der Waals surface area contributed by atoms with Gasteiger partial charge < -0.3 is 5.32 Å². The fourth-order valence-corrected chi connectivity index (χ4v) is 3.96. The first-order chi connectivity index (χ1) is 11.2. The molecule has 1 aromatic heterocycles.